The highest BCUT2D eigenvalue weighted by Crippen LogP contribution is 2.35. The van der Waals surface area contributed by atoms with Crippen molar-refractivity contribution in [3.05, 3.63) is 22.8 Å². The van der Waals surface area contributed by atoms with Crippen LogP contribution in [0.2, 0.25) is 5.02 Å². The molecule has 1 heterocycles. The maximum Gasteiger partial charge on any atom is 0.418 e. The van der Waals surface area contributed by atoms with Crippen LogP contribution in [-0.4, -0.2) is 28.7 Å². The number of carbonyl (C=O) groups is 1. The highest BCUT2D eigenvalue weighted by Gasteiger charge is 2.34. The largest absolute Gasteiger partial charge is 0.418 e. The Hall–Kier alpha value is -1.67. The monoisotopic (exact) mass is 364 g/mol. The van der Waals surface area contributed by atoms with E-state index in [1.807, 2.05) is 0 Å². The topological polar surface area (TPSA) is 80.4 Å². The average Bonchev–Trinajstić information content (AvgIpc) is 2.43. The van der Waals surface area contributed by atoms with E-state index < -0.39 is 34.1 Å². The molecule has 0 saturated heterocycles. The Labute approximate surface area is 143 Å². The van der Waals surface area contributed by atoms with Gasteiger partial charge in [-0.25, -0.2) is 4.98 Å². The van der Waals surface area contributed by atoms with Crippen LogP contribution < -0.4 is 11.1 Å². The normalized spacial score (nSPS) is 14.5. The summed E-state index contributed by atoms with van der Waals surface area (Å²) in [6, 6.07) is 0.699. The number of nitrogens with zero attached hydrogens (tertiary/aromatic N) is 2. The molecule has 0 bridgehead atoms. The number of hydrogen-bond acceptors (Lipinski definition) is 4. The van der Waals surface area contributed by atoms with E-state index in [-0.39, 0.29) is 12.4 Å². The van der Waals surface area contributed by atoms with Crippen LogP contribution in [0.25, 0.3) is 0 Å². The van der Waals surface area contributed by atoms with Crippen LogP contribution in [0.15, 0.2) is 17.3 Å². The summed E-state index contributed by atoms with van der Waals surface area (Å²) in [5.74, 6) is -1.28. The van der Waals surface area contributed by atoms with Gasteiger partial charge in [-0.2, -0.15) is 13.2 Å². The molecule has 0 aliphatic carbocycles. The molecule has 0 aliphatic heterocycles. The third-order valence-electron chi connectivity index (χ3n) is 3.39. The lowest BCUT2D eigenvalue weighted by Gasteiger charge is -2.19. The van der Waals surface area contributed by atoms with Crippen LogP contribution in [0.4, 0.5) is 19.0 Å². The molecule has 3 N–H and O–H groups in total. The van der Waals surface area contributed by atoms with E-state index in [2.05, 4.69) is 15.3 Å². The molecule has 0 aromatic carbocycles. The molecule has 1 amide bonds. The number of amides is 1. The lowest BCUT2D eigenvalue weighted by atomic mass is 10.0. The van der Waals surface area contributed by atoms with Crippen LogP contribution in [0, 0.1) is 5.92 Å². The van der Waals surface area contributed by atoms with Crippen molar-refractivity contribution in [2.45, 2.75) is 39.4 Å². The first-order valence-corrected chi connectivity index (χ1v) is 7.54. The first kappa shape index (κ1) is 20.4. The summed E-state index contributed by atoms with van der Waals surface area (Å²) < 4.78 is 38.4. The van der Waals surface area contributed by atoms with Gasteiger partial charge in [-0.3, -0.25) is 9.79 Å². The molecule has 5 nitrogen and oxygen atoms in total. The average molecular weight is 365 g/mol. The van der Waals surface area contributed by atoms with E-state index in [0.717, 1.165) is 6.20 Å². The Kier molecular flexibility index (Phi) is 6.35. The summed E-state index contributed by atoms with van der Waals surface area (Å²) in [6.45, 7) is 7.09. The Morgan fingerprint density at radius 1 is 1.46 bits per heavy atom. The molecule has 1 aromatic heterocycles. The van der Waals surface area contributed by atoms with Crippen molar-refractivity contribution in [3.8, 4) is 0 Å². The summed E-state index contributed by atoms with van der Waals surface area (Å²) in [5, 5.41) is 1.81. The van der Waals surface area contributed by atoms with Gasteiger partial charge >= 0.3 is 6.18 Å². The van der Waals surface area contributed by atoms with Crippen molar-refractivity contribution in [1.82, 2.24) is 4.98 Å². The Balaban J connectivity index is 2.81. The van der Waals surface area contributed by atoms with E-state index in [4.69, 9.17) is 17.3 Å². The SMILES string of the molecule is C/C(=N\CC(C)C(=O)Nc1cc(C(F)(F)F)c(Cl)cn1)C(C)(C)N. The fourth-order valence-electron chi connectivity index (χ4n) is 1.53. The predicted octanol–water partition coefficient (Wildman–Crippen LogP) is 3.53. The second-order valence-corrected chi connectivity index (χ2v) is 6.49. The summed E-state index contributed by atoms with van der Waals surface area (Å²) in [4.78, 5) is 20.0. The molecule has 9 heteroatoms. The number of halogens is 4. The fraction of sp³-hybridized carbons (Fsp3) is 0.533. The molecule has 1 rings (SSSR count). The highest BCUT2D eigenvalue weighted by atomic mass is 35.5. The van der Waals surface area contributed by atoms with Gasteiger partial charge in [0.25, 0.3) is 0 Å². The number of aromatic nitrogens is 1. The zero-order chi connectivity index (χ0) is 18.7. The number of aliphatic imine (C=N–C) groups is 1. The number of nitrogens with two attached hydrogens (primary N) is 1. The summed E-state index contributed by atoms with van der Waals surface area (Å²) in [7, 11) is 0. The zero-order valence-electron chi connectivity index (χ0n) is 13.8. The smallest absolute Gasteiger partial charge is 0.321 e. The number of pyridine rings is 1. The maximum atomic E-state index is 12.8. The molecule has 0 aliphatic rings. The summed E-state index contributed by atoms with van der Waals surface area (Å²) in [5.41, 5.74) is 4.89. The van der Waals surface area contributed by atoms with Crippen LogP contribution >= 0.6 is 11.6 Å². The van der Waals surface area contributed by atoms with Gasteiger partial charge in [0, 0.05) is 17.4 Å². The van der Waals surface area contributed by atoms with E-state index in [0.29, 0.717) is 11.8 Å². The van der Waals surface area contributed by atoms with Crippen LogP contribution in [0.5, 0.6) is 0 Å². The van der Waals surface area contributed by atoms with Crippen molar-refractivity contribution in [3.63, 3.8) is 0 Å². The first-order chi connectivity index (χ1) is 10.8. The second kappa shape index (κ2) is 7.48. The van der Waals surface area contributed by atoms with Crippen LogP contribution in [0.1, 0.15) is 33.3 Å². The zero-order valence-corrected chi connectivity index (χ0v) is 14.6. The Bertz CT molecular complexity index is 639. The summed E-state index contributed by atoms with van der Waals surface area (Å²) >= 11 is 5.48. The summed E-state index contributed by atoms with van der Waals surface area (Å²) in [6.07, 6.45) is -3.77. The van der Waals surface area contributed by atoms with Gasteiger partial charge in [-0.1, -0.05) is 18.5 Å². The molecule has 0 spiro atoms. The Morgan fingerprint density at radius 2 is 2.04 bits per heavy atom. The Morgan fingerprint density at radius 3 is 2.54 bits per heavy atom. The van der Waals surface area contributed by atoms with Gasteiger partial charge in [-0.05, 0) is 26.8 Å². The van der Waals surface area contributed by atoms with Crippen molar-refractivity contribution in [1.29, 1.82) is 0 Å². The quantitative estimate of drug-likeness (QED) is 0.784. The van der Waals surface area contributed by atoms with Crippen LogP contribution in [0.3, 0.4) is 0 Å². The van der Waals surface area contributed by atoms with Gasteiger partial charge in [0.05, 0.1) is 23.0 Å². The molecule has 0 radical (unpaired) electrons. The van der Waals surface area contributed by atoms with Crippen molar-refractivity contribution >= 4 is 29.0 Å². The van der Waals surface area contributed by atoms with Gasteiger partial charge in [0.15, 0.2) is 0 Å². The number of hydrogen-bond donors (Lipinski definition) is 2. The van der Waals surface area contributed by atoms with E-state index >= 15 is 0 Å². The third kappa shape index (κ3) is 5.76. The van der Waals surface area contributed by atoms with Gasteiger partial charge in [0.1, 0.15) is 5.82 Å². The first-order valence-electron chi connectivity index (χ1n) is 7.16. The minimum absolute atomic E-state index is 0.165. The second-order valence-electron chi connectivity index (χ2n) is 6.09. The number of carbonyl (C=O) groups excluding carboxylic acids is 1. The predicted molar refractivity (Wildman–Crippen MR) is 88.3 cm³/mol. The molecule has 134 valence electrons. The van der Waals surface area contributed by atoms with Gasteiger partial charge < -0.3 is 11.1 Å². The van der Waals surface area contributed by atoms with Crippen molar-refractivity contribution in [2.24, 2.45) is 16.6 Å². The van der Waals surface area contributed by atoms with E-state index in [9.17, 15) is 18.0 Å². The van der Waals surface area contributed by atoms with Crippen LogP contribution in [-0.2, 0) is 11.0 Å². The van der Waals surface area contributed by atoms with E-state index in [1.165, 1.54) is 0 Å². The lowest BCUT2D eigenvalue weighted by Crippen LogP contribution is -2.40. The minimum atomic E-state index is -4.63. The lowest BCUT2D eigenvalue weighted by molar-refractivity contribution is -0.137. The minimum Gasteiger partial charge on any atom is -0.321 e. The number of alkyl halides is 3. The number of nitrogens with one attached hydrogen (secondary N) is 1. The molecule has 24 heavy (non-hydrogen) atoms. The molecule has 0 fully saturated rings. The van der Waals surface area contributed by atoms with Gasteiger partial charge in [-0.15, -0.1) is 0 Å². The van der Waals surface area contributed by atoms with Crippen molar-refractivity contribution < 1.29 is 18.0 Å². The molecular formula is C15H20ClF3N4O. The van der Waals surface area contributed by atoms with Crippen molar-refractivity contribution in [2.75, 3.05) is 11.9 Å². The van der Waals surface area contributed by atoms with E-state index in [1.54, 1.807) is 27.7 Å². The number of rotatable bonds is 5. The third-order valence-corrected chi connectivity index (χ3v) is 3.70. The molecule has 1 atom stereocenters. The number of anilines is 1. The fourth-order valence-corrected chi connectivity index (χ4v) is 1.74. The van der Waals surface area contributed by atoms with Gasteiger partial charge in [0.2, 0.25) is 5.91 Å². The molecule has 1 aromatic rings. The molecule has 0 saturated carbocycles. The molecule has 1 unspecified atom stereocenters. The maximum absolute atomic E-state index is 12.8. The highest BCUT2D eigenvalue weighted by molar-refractivity contribution is 6.31. The standard InChI is InChI=1S/C15H20ClF3N4O/c1-8(6-21-9(2)14(3,4)20)13(24)23-12-5-10(15(17,18)19)11(16)7-22-12/h5,7-8H,6,20H2,1-4H3,(H,22,23,24)/b21-9+. The molecular weight excluding hydrogens is 345 g/mol.